The van der Waals surface area contributed by atoms with E-state index in [4.69, 9.17) is 9.47 Å². The van der Waals surface area contributed by atoms with E-state index in [1.165, 1.54) is 0 Å². The summed E-state index contributed by atoms with van der Waals surface area (Å²) in [5.74, 6) is 0.428. The standard InChI is InChI=1S/C19H23NO4S/c1-23-16-10-14(18(25-3)11-17(16)24-2)12-20-15(19(21)22)9-13-7-5-4-6-8-13/h4-8,10-11,15,20H,9,12H2,1-3H3,(H,21,22)/t15-/m0/s1. The van der Waals surface area contributed by atoms with Gasteiger partial charge in [0.15, 0.2) is 11.5 Å². The molecule has 2 N–H and O–H groups in total. The molecule has 0 radical (unpaired) electrons. The van der Waals surface area contributed by atoms with Crippen LogP contribution in [0.1, 0.15) is 11.1 Å². The summed E-state index contributed by atoms with van der Waals surface area (Å²) in [6, 6.07) is 12.7. The zero-order chi connectivity index (χ0) is 18.2. The molecule has 134 valence electrons. The van der Waals surface area contributed by atoms with Crippen molar-refractivity contribution in [1.82, 2.24) is 5.32 Å². The molecule has 0 bridgehead atoms. The van der Waals surface area contributed by atoms with Gasteiger partial charge in [0, 0.05) is 11.4 Å². The topological polar surface area (TPSA) is 67.8 Å². The summed E-state index contributed by atoms with van der Waals surface area (Å²) in [5.41, 5.74) is 1.96. The molecule has 25 heavy (non-hydrogen) atoms. The first-order valence-corrected chi connectivity index (χ1v) is 9.10. The Balaban J connectivity index is 2.15. The van der Waals surface area contributed by atoms with Crippen LogP contribution in [-0.4, -0.2) is 37.6 Å². The Hall–Kier alpha value is -2.18. The fourth-order valence-corrected chi connectivity index (χ4v) is 3.18. The van der Waals surface area contributed by atoms with Crippen molar-refractivity contribution in [3.05, 3.63) is 53.6 Å². The van der Waals surface area contributed by atoms with Gasteiger partial charge in [-0.15, -0.1) is 11.8 Å². The minimum atomic E-state index is -0.866. The van der Waals surface area contributed by atoms with Crippen LogP contribution in [0.2, 0.25) is 0 Å². The van der Waals surface area contributed by atoms with E-state index in [-0.39, 0.29) is 0 Å². The van der Waals surface area contributed by atoms with Gasteiger partial charge in [-0.25, -0.2) is 0 Å². The van der Waals surface area contributed by atoms with Crippen molar-refractivity contribution in [1.29, 1.82) is 0 Å². The lowest BCUT2D eigenvalue weighted by atomic mass is 10.1. The maximum atomic E-state index is 11.6. The number of aliphatic carboxylic acids is 1. The van der Waals surface area contributed by atoms with Crippen molar-refractivity contribution in [3.8, 4) is 11.5 Å². The summed E-state index contributed by atoms with van der Waals surface area (Å²) in [6.45, 7) is 0.431. The lowest BCUT2D eigenvalue weighted by Crippen LogP contribution is -2.38. The van der Waals surface area contributed by atoms with Crippen molar-refractivity contribution in [2.45, 2.75) is 23.9 Å². The predicted octanol–water partition coefficient (Wildman–Crippen LogP) is 3.21. The summed E-state index contributed by atoms with van der Waals surface area (Å²) in [4.78, 5) is 12.6. The molecule has 0 aliphatic carbocycles. The number of benzene rings is 2. The molecule has 5 nitrogen and oxygen atoms in total. The predicted molar refractivity (Wildman–Crippen MR) is 99.7 cm³/mol. The van der Waals surface area contributed by atoms with E-state index in [0.717, 1.165) is 16.0 Å². The van der Waals surface area contributed by atoms with Crippen molar-refractivity contribution >= 4 is 17.7 Å². The zero-order valence-electron chi connectivity index (χ0n) is 14.6. The van der Waals surface area contributed by atoms with Crippen LogP contribution in [0.15, 0.2) is 47.4 Å². The van der Waals surface area contributed by atoms with E-state index in [0.29, 0.717) is 24.5 Å². The quantitative estimate of drug-likeness (QED) is 0.669. The van der Waals surface area contributed by atoms with E-state index in [9.17, 15) is 9.90 Å². The zero-order valence-corrected chi connectivity index (χ0v) is 15.4. The highest BCUT2D eigenvalue weighted by Gasteiger charge is 2.19. The molecule has 0 aromatic heterocycles. The Bertz CT molecular complexity index is 706. The summed E-state index contributed by atoms with van der Waals surface area (Å²) in [6.07, 6.45) is 2.40. The molecule has 2 aromatic carbocycles. The average molecular weight is 361 g/mol. The van der Waals surface area contributed by atoms with E-state index in [2.05, 4.69) is 5.32 Å². The van der Waals surface area contributed by atoms with Gasteiger partial charge in [0.2, 0.25) is 0 Å². The number of nitrogens with one attached hydrogen (secondary N) is 1. The molecule has 0 spiro atoms. The van der Waals surface area contributed by atoms with E-state index >= 15 is 0 Å². The second kappa shape index (κ2) is 9.34. The van der Waals surface area contributed by atoms with Gasteiger partial charge in [-0.2, -0.15) is 0 Å². The Labute approximate surface area is 152 Å². The van der Waals surface area contributed by atoms with Crippen molar-refractivity contribution in [3.63, 3.8) is 0 Å². The van der Waals surface area contributed by atoms with Gasteiger partial charge >= 0.3 is 5.97 Å². The Morgan fingerprint density at radius 2 is 1.80 bits per heavy atom. The van der Waals surface area contributed by atoms with Gasteiger partial charge < -0.3 is 14.6 Å². The normalized spacial score (nSPS) is 11.8. The highest BCUT2D eigenvalue weighted by Crippen LogP contribution is 2.34. The smallest absolute Gasteiger partial charge is 0.321 e. The maximum absolute atomic E-state index is 11.6. The van der Waals surface area contributed by atoms with E-state index < -0.39 is 12.0 Å². The molecule has 0 saturated heterocycles. The minimum absolute atomic E-state index is 0.429. The molecule has 6 heteroatoms. The number of methoxy groups -OCH3 is 2. The van der Waals surface area contributed by atoms with Crippen molar-refractivity contribution in [2.75, 3.05) is 20.5 Å². The second-order valence-corrected chi connectivity index (χ2v) is 6.33. The Morgan fingerprint density at radius 3 is 2.36 bits per heavy atom. The summed E-state index contributed by atoms with van der Waals surface area (Å²) >= 11 is 1.59. The summed E-state index contributed by atoms with van der Waals surface area (Å²) in [5, 5.41) is 12.6. The number of carboxylic acid groups (broad SMARTS) is 1. The molecule has 0 unspecified atom stereocenters. The molecule has 0 aliphatic heterocycles. The Morgan fingerprint density at radius 1 is 1.16 bits per heavy atom. The van der Waals surface area contributed by atoms with Crippen LogP contribution in [0.4, 0.5) is 0 Å². The lowest BCUT2D eigenvalue weighted by Gasteiger charge is -2.18. The number of carbonyl (C=O) groups is 1. The molecule has 0 amide bonds. The van der Waals surface area contributed by atoms with Gasteiger partial charge in [0.25, 0.3) is 0 Å². The number of rotatable bonds is 9. The van der Waals surface area contributed by atoms with Crippen LogP contribution in [0.3, 0.4) is 0 Å². The van der Waals surface area contributed by atoms with Crippen LogP contribution in [-0.2, 0) is 17.8 Å². The van der Waals surface area contributed by atoms with Gasteiger partial charge in [-0.3, -0.25) is 10.1 Å². The second-order valence-electron chi connectivity index (χ2n) is 5.48. The number of thioether (sulfide) groups is 1. The maximum Gasteiger partial charge on any atom is 0.321 e. The molecule has 0 fully saturated rings. The number of hydrogen-bond acceptors (Lipinski definition) is 5. The minimum Gasteiger partial charge on any atom is -0.493 e. The molecule has 2 rings (SSSR count). The van der Waals surface area contributed by atoms with Crippen molar-refractivity contribution in [2.24, 2.45) is 0 Å². The number of hydrogen-bond donors (Lipinski definition) is 2. The summed E-state index contributed by atoms with van der Waals surface area (Å²) in [7, 11) is 3.18. The van der Waals surface area contributed by atoms with Crippen LogP contribution in [0, 0.1) is 0 Å². The average Bonchev–Trinajstić information content (AvgIpc) is 2.64. The third kappa shape index (κ3) is 5.14. The lowest BCUT2D eigenvalue weighted by molar-refractivity contribution is -0.139. The SMILES string of the molecule is COc1cc(CN[C@@H](Cc2ccccc2)C(=O)O)c(SC)cc1OC. The van der Waals surface area contributed by atoms with Crippen LogP contribution >= 0.6 is 11.8 Å². The Kier molecular flexibility index (Phi) is 7.16. The molecule has 2 aromatic rings. The number of ether oxygens (including phenoxy) is 2. The van der Waals surface area contributed by atoms with Crippen LogP contribution < -0.4 is 14.8 Å². The molecule has 0 saturated carbocycles. The largest absolute Gasteiger partial charge is 0.493 e. The van der Waals surface area contributed by atoms with Gasteiger partial charge in [0.05, 0.1) is 14.2 Å². The van der Waals surface area contributed by atoms with Gasteiger partial charge in [0.1, 0.15) is 6.04 Å². The van der Waals surface area contributed by atoms with E-state index in [1.807, 2.05) is 48.7 Å². The third-order valence-electron chi connectivity index (χ3n) is 3.91. The van der Waals surface area contributed by atoms with Crippen molar-refractivity contribution < 1.29 is 19.4 Å². The molecule has 0 heterocycles. The van der Waals surface area contributed by atoms with Gasteiger partial charge in [-0.1, -0.05) is 30.3 Å². The van der Waals surface area contributed by atoms with Crippen LogP contribution in [0.25, 0.3) is 0 Å². The fourth-order valence-electron chi connectivity index (χ4n) is 2.56. The van der Waals surface area contributed by atoms with Gasteiger partial charge in [-0.05, 0) is 35.9 Å². The highest BCUT2D eigenvalue weighted by atomic mass is 32.2. The monoisotopic (exact) mass is 361 g/mol. The molecular weight excluding hydrogens is 338 g/mol. The third-order valence-corrected chi connectivity index (χ3v) is 4.73. The first-order valence-electron chi connectivity index (χ1n) is 7.88. The highest BCUT2D eigenvalue weighted by molar-refractivity contribution is 7.98. The van der Waals surface area contributed by atoms with E-state index in [1.54, 1.807) is 26.0 Å². The fraction of sp³-hybridized carbons (Fsp3) is 0.316. The molecule has 0 aliphatic rings. The molecular formula is C19H23NO4S. The molecule has 1 atom stereocenters. The summed E-state index contributed by atoms with van der Waals surface area (Å²) < 4.78 is 10.7. The first kappa shape index (κ1) is 19.1. The first-order chi connectivity index (χ1) is 12.1. The van der Waals surface area contributed by atoms with Crippen LogP contribution in [0.5, 0.6) is 11.5 Å². The number of carboxylic acids is 1.